The van der Waals surface area contributed by atoms with Crippen LogP contribution in [0.15, 0.2) is 24.3 Å². The third-order valence-electron chi connectivity index (χ3n) is 3.62. The van der Waals surface area contributed by atoms with Crippen LogP contribution >= 0.6 is 0 Å². The molecule has 23 heavy (non-hydrogen) atoms. The zero-order valence-corrected chi connectivity index (χ0v) is 13.7. The minimum Gasteiger partial charge on any atom is -0.462 e. The lowest BCUT2D eigenvalue weighted by molar-refractivity contribution is -0.126. The van der Waals surface area contributed by atoms with Crippen LogP contribution in [0.25, 0.3) is 0 Å². The van der Waals surface area contributed by atoms with Gasteiger partial charge in [-0.3, -0.25) is 9.59 Å². The van der Waals surface area contributed by atoms with E-state index in [1.54, 1.807) is 31.2 Å². The molecule has 1 fully saturated rings. The maximum Gasteiger partial charge on any atom is 0.340 e. The number of esters is 1. The second-order valence-electron chi connectivity index (χ2n) is 5.81. The predicted octanol–water partition coefficient (Wildman–Crippen LogP) is 1.74. The molecule has 124 valence electrons. The lowest BCUT2D eigenvalue weighted by Crippen LogP contribution is -2.37. The summed E-state index contributed by atoms with van der Waals surface area (Å²) in [5.74, 6) is -1.17. The zero-order chi connectivity index (χ0) is 17.0. The SMILES string of the molecule is CCOC(=O)c1ccccc1N1CC(C(=O)NC(C)C)CC1=O. The maximum absolute atomic E-state index is 12.3. The van der Waals surface area contributed by atoms with Crippen molar-refractivity contribution in [2.45, 2.75) is 33.2 Å². The minimum atomic E-state index is -0.467. The van der Waals surface area contributed by atoms with Crippen LogP contribution in [0.2, 0.25) is 0 Å². The van der Waals surface area contributed by atoms with Crippen LogP contribution in [0.1, 0.15) is 37.6 Å². The standard InChI is InChI=1S/C17H22N2O4/c1-4-23-17(22)13-7-5-6-8-14(13)19-10-12(9-15(19)20)16(21)18-11(2)3/h5-8,11-12H,4,9-10H2,1-3H3,(H,18,21). The smallest absolute Gasteiger partial charge is 0.340 e. The van der Waals surface area contributed by atoms with Crippen LogP contribution in [0.3, 0.4) is 0 Å². The summed E-state index contributed by atoms with van der Waals surface area (Å²) in [5.41, 5.74) is 0.836. The maximum atomic E-state index is 12.3. The first-order valence-electron chi connectivity index (χ1n) is 7.81. The average molecular weight is 318 g/mol. The molecular formula is C17H22N2O4. The van der Waals surface area contributed by atoms with Crippen molar-refractivity contribution >= 4 is 23.5 Å². The molecule has 0 saturated carbocycles. The van der Waals surface area contributed by atoms with Gasteiger partial charge in [-0.25, -0.2) is 4.79 Å². The first-order valence-corrected chi connectivity index (χ1v) is 7.81. The number of nitrogens with one attached hydrogen (secondary N) is 1. The van der Waals surface area contributed by atoms with Crippen molar-refractivity contribution < 1.29 is 19.1 Å². The number of rotatable bonds is 5. The number of hydrogen-bond acceptors (Lipinski definition) is 4. The van der Waals surface area contributed by atoms with Gasteiger partial charge in [-0.15, -0.1) is 0 Å². The van der Waals surface area contributed by atoms with Gasteiger partial charge in [0, 0.05) is 19.0 Å². The van der Waals surface area contributed by atoms with Gasteiger partial charge in [-0.05, 0) is 32.9 Å². The van der Waals surface area contributed by atoms with Crippen LogP contribution in [0, 0.1) is 5.92 Å². The number of carbonyl (C=O) groups is 3. The van der Waals surface area contributed by atoms with E-state index in [0.29, 0.717) is 11.3 Å². The molecule has 1 aromatic carbocycles. The number of para-hydroxylation sites is 1. The summed E-state index contributed by atoms with van der Waals surface area (Å²) in [7, 11) is 0. The first-order chi connectivity index (χ1) is 10.9. The highest BCUT2D eigenvalue weighted by Crippen LogP contribution is 2.28. The Morgan fingerprint density at radius 3 is 2.70 bits per heavy atom. The number of nitrogens with zero attached hydrogens (tertiary/aromatic N) is 1. The molecule has 6 nitrogen and oxygen atoms in total. The molecule has 0 bridgehead atoms. The molecule has 1 aliphatic heterocycles. The van der Waals surface area contributed by atoms with E-state index >= 15 is 0 Å². The minimum absolute atomic E-state index is 0.0264. The molecule has 1 aliphatic rings. The molecule has 1 N–H and O–H groups in total. The normalized spacial score (nSPS) is 17.5. The van der Waals surface area contributed by atoms with E-state index < -0.39 is 11.9 Å². The molecule has 0 spiro atoms. The summed E-state index contributed by atoms with van der Waals surface area (Å²) < 4.78 is 5.03. The lowest BCUT2D eigenvalue weighted by atomic mass is 10.1. The molecule has 1 saturated heterocycles. The Labute approximate surface area is 135 Å². The van der Waals surface area contributed by atoms with Crippen LogP contribution in [0.5, 0.6) is 0 Å². The second kappa shape index (κ2) is 7.26. The van der Waals surface area contributed by atoms with Crippen molar-refractivity contribution in [3.8, 4) is 0 Å². The van der Waals surface area contributed by atoms with Gasteiger partial charge in [0.15, 0.2) is 0 Å². The van der Waals surface area contributed by atoms with Gasteiger partial charge in [0.2, 0.25) is 11.8 Å². The molecule has 0 aliphatic carbocycles. The highest BCUT2D eigenvalue weighted by molar-refractivity contribution is 6.05. The molecule has 6 heteroatoms. The molecule has 1 heterocycles. The van der Waals surface area contributed by atoms with E-state index in [-0.39, 0.29) is 37.4 Å². The van der Waals surface area contributed by atoms with E-state index in [1.165, 1.54) is 4.90 Å². The number of hydrogen-bond donors (Lipinski definition) is 1. The summed E-state index contributed by atoms with van der Waals surface area (Å²) in [6.45, 7) is 6.02. The fraction of sp³-hybridized carbons (Fsp3) is 0.471. The Morgan fingerprint density at radius 2 is 2.04 bits per heavy atom. The van der Waals surface area contributed by atoms with Gasteiger partial charge in [0.05, 0.1) is 23.8 Å². The molecule has 0 radical (unpaired) electrons. The van der Waals surface area contributed by atoms with Crippen molar-refractivity contribution in [3.05, 3.63) is 29.8 Å². The van der Waals surface area contributed by atoms with E-state index in [2.05, 4.69) is 5.32 Å². The number of amides is 2. The van der Waals surface area contributed by atoms with Gasteiger partial charge in [0.1, 0.15) is 0 Å². The van der Waals surface area contributed by atoms with E-state index in [9.17, 15) is 14.4 Å². The van der Waals surface area contributed by atoms with E-state index in [0.717, 1.165) is 0 Å². The third-order valence-corrected chi connectivity index (χ3v) is 3.62. The van der Waals surface area contributed by atoms with Crippen LogP contribution in [-0.4, -0.2) is 37.0 Å². The van der Waals surface area contributed by atoms with Crippen molar-refractivity contribution in [2.75, 3.05) is 18.1 Å². The fourth-order valence-electron chi connectivity index (χ4n) is 2.61. The first kappa shape index (κ1) is 17.0. The number of ether oxygens (including phenoxy) is 1. The van der Waals surface area contributed by atoms with E-state index in [4.69, 9.17) is 4.74 Å². The Bertz CT molecular complexity index is 612. The number of carbonyl (C=O) groups excluding carboxylic acids is 3. The fourth-order valence-corrected chi connectivity index (χ4v) is 2.61. The highest BCUT2D eigenvalue weighted by atomic mass is 16.5. The monoisotopic (exact) mass is 318 g/mol. The van der Waals surface area contributed by atoms with Gasteiger partial charge >= 0.3 is 5.97 Å². The van der Waals surface area contributed by atoms with Crippen LogP contribution < -0.4 is 10.2 Å². The Balaban J connectivity index is 2.21. The number of anilines is 1. The molecular weight excluding hydrogens is 296 g/mol. The van der Waals surface area contributed by atoms with Crippen molar-refractivity contribution in [2.24, 2.45) is 5.92 Å². The summed E-state index contributed by atoms with van der Waals surface area (Å²) in [5, 5.41) is 2.83. The van der Waals surface area contributed by atoms with Gasteiger partial charge in [-0.2, -0.15) is 0 Å². The van der Waals surface area contributed by atoms with Crippen LogP contribution in [0.4, 0.5) is 5.69 Å². The van der Waals surface area contributed by atoms with Crippen molar-refractivity contribution in [3.63, 3.8) is 0 Å². The lowest BCUT2D eigenvalue weighted by Gasteiger charge is -2.20. The number of benzene rings is 1. The molecule has 1 aromatic rings. The highest BCUT2D eigenvalue weighted by Gasteiger charge is 2.36. The quantitative estimate of drug-likeness (QED) is 0.839. The zero-order valence-electron chi connectivity index (χ0n) is 13.7. The molecule has 2 rings (SSSR count). The van der Waals surface area contributed by atoms with Crippen molar-refractivity contribution in [1.82, 2.24) is 5.32 Å². The van der Waals surface area contributed by atoms with Crippen molar-refractivity contribution in [1.29, 1.82) is 0 Å². The Hall–Kier alpha value is -2.37. The Kier molecular flexibility index (Phi) is 5.36. The van der Waals surface area contributed by atoms with Crippen LogP contribution in [-0.2, 0) is 14.3 Å². The van der Waals surface area contributed by atoms with E-state index in [1.807, 2.05) is 13.8 Å². The molecule has 1 unspecified atom stereocenters. The Morgan fingerprint density at radius 1 is 1.35 bits per heavy atom. The largest absolute Gasteiger partial charge is 0.462 e. The summed E-state index contributed by atoms with van der Waals surface area (Å²) >= 11 is 0. The topological polar surface area (TPSA) is 75.7 Å². The molecule has 2 amide bonds. The van der Waals surface area contributed by atoms with Gasteiger partial charge < -0.3 is 15.0 Å². The average Bonchev–Trinajstić information content (AvgIpc) is 2.89. The predicted molar refractivity (Wildman–Crippen MR) is 86.1 cm³/mol. The summed E-state index contributed by atoms with van der Waals surface area (Å²) in [6, 6.07) is 6.83. The summed E-state index contributed by atoms with van der Waals surface area (Å²) in [4.78, 5) is 38.0. The van der Waals surface area contributed by atoms with Gasteiger partial charge in [-0.1, -0.05) is 12.1 Å². The second-order valence-corrected chi connectivity index (χ2v) is 5.81. The molecule has 0 aromatic heterocycles. The molecule has 1 atom stereocenters. The summed E-state index contributed by atoms with van der Waals surface area (Å²) in [6.07, 6.45) is 0.149. The van der Waals surface area contributed by atoms with Gasteiger partial charge in [0.25, 0.3) is 0 Å². The third kappa shape index (κ3) is 3.88.